The number of carbonyl (C=O) groups excluding carboxylic acids is 1. The van der Waals surface area contributed by atoms with E-state index in [0.29, 0.717) is 17.4 Å². The first-order valence-electron chi connectivity index (χ1n) is 9.91. The molecule has 1 amide bonds. The maximum absolute atomic E-state index is 13.0. The van der Waals surface area contributed by atoms with Gasteiger partial charge in [0.2, 0.25) is 0 Å². The predicted octanol–water partition coefficient (Wildman–Crippen LogP) is 6.73. The zero-order chi connectivity index (χ0) is 23.3. The van der Waals surface area contributed by atoms with E-state index >= 15 is 0 Å². The van der Waals surface area contributed by atoms with Gasteiger partial charge in [-0.1, -0.05) is 46.3 Å². The van der Waals surface area contributed by atoms with Crippen molar-refractivity contribution in [2.45, 2.75) is 39.5 Å². The number of hydrogen-bond donors (Lipinski definition) is 1. The van der Waals surface area contributed by atoms with Crippen molar-refractivity contribution in [1.29, 1.82) is 0 Å². The first-order chi connectivity index (χ1) is 15.1. The van der Waals surface area contributed by atoms with Crippen molar-refractivity contribution in [3.8, 4) is 5.75 Å². The molecular formula is C24H24BrNO5S. The van der Waals surface area contributed by atoms with E-state index in [9.17, 15) is 14.7 Å². The van der Waals surface area contributed by atoms with Crippen LogP contribution in [0, 0.1) is 0 Å². The van der Waals surface area contributed by atoms with E-state index in [-0.39, 0.29) is 11.4 Å². The minimum atomic E-state index is -1.04. The zero-order valence-electron chi connectivity index (χ0n) is 18.0. The Labute approximate surface area is 199 Å². The summed E-state index contributed by atoms with van der Waals surface area (Å²) in [4.78, 5) is 26.0. The Bertz CT molecular complexity index is 1090. The lowest BCUT2D eigenvalue weighted by atomic mass is 10.2. The van der Waals surface area contributed by atoms with Crippen LogP contribution in [0.1, 0.15) is 41.6 Å². The molecule has 168 valence electrons. The molecule has 0 saturated heterocycles. The molecule has 32 heavy (non-hydrogen) atoms. The monoisotopic (exact) mass is 517 g/mol. The van der Waals surface area contributed by atoms with Crippen molar-refractivity contribution >= 4 is 44.3 Å². The number of rotatable bonds is 7. The number of aromatic carboxylic acids is 1. The summed E-state index contributed by atoms with van der Waals surface area (Å²) >= 11 is 4.50. The standard InChI is InChI=1S/C24H24BrNO5S/c1-24(2,3)31-23(29)26(21-12-11-20(32-21)22(27)28)14-17-13-18(25)9-10-19(17)30-15-16-7-5-4-6-8-16/h4-13H,14-15H2,1-3H3,(H,27,28). The summed E-state index contributed by atoms with van der Waals surface area (Å²) in [5, 5.41) is 9.78. The molecule has 0 atom stereocenters. The lowest BCUT2D eigenvalue weighted by molar-refractivity contribution is 0.0577. The van der Waals surface area contributed by atoms with E-state index < -0.39 is 17.7 Å². The molecule has 1 N–H and O–H groups in total. The number of nitrogens with zero attached hydrogens (tertiary/aromatic N) is 1. The van der Waals surface area contributed by atoms with Crippen LogP contribution in [0.2, 0.25) is 0 Å². The van der Waals surface area contributed by atoms with Gasteiger partial charge in [-0.05, 0) is 56.7 Å². The van der Waals surface area contributed by atoms with Gasteiger partial charge in [0.15, 0.2) is 0 Å². The van der Waals surface area contributed by atoms with Crippen LogP contribution in [0.15, 0.2) is 65.1 Å². The third-order valence-electron chi connectivity index (χ3n) is 4.27. The SMILES string of the molecule is CC(C)(C)OC(=O)N(Cc1cc(Br)ccc1OCc1ccccc1)c1ccc(C(=O)O)s1. The number of halogens is 1. The average molecular weight is 518 g/mol. The van der Waals surface area contributed by atoms with Crippen LogP contribution >= 0.6 is 27.3 Å². The van der Waals surface area contributed by atoms with Crippen molar-refractivity contribution in [1.82, 2.24) is 0 Å². The summed E-state index contributed by atoms with van der Waals surface area (Å²) in [6, 6.07) is 18.5. The van der Waals surface area contributed by atoms with Gasteiger partial charge < -0.3 is 14.6 Å². The van der Waals surface area contributed by atoms with Crippen molar-refractivity contribution in [2.75, 3.05) is 4.90 Å². The highest BCUT2D eigenvalue weighted by Crippen LogP contribution is 2.32. The largest absolute Gasteiger partial charge is 0.489 e. The van der Waals surface area contributed by atoms with Gasteiger partial charge in [-0.15, -0.1) is 11.3 Å². The second-order valence-corrected chi connectivity index (χ2v) is 10.0. The van der Waals surface area contributed by atoms with E-state index in [2.05, 4.69) is 15.9 Å². The molecule has 8 heteroatoms. The van der Waals surface area contributed by atoms with Gasteiger partial charge in [0.25, 0.3) is 0 Å². The Kier molecular flexibility index (Phi) is 7.58. The van der Waals surface area contributed by atoms with Gasteiger partial charge in [0.05, 0.1) is 6.54 Å². The summed E-state index contributed by atoms with van der Waals surface area (Å²) in [5.41, 5.74) is 1.08. The summed E-state index contributed by atoms with van der Waals surface area (Å²) in [6.07, 6.45) is -0.565. The van der Waals surface area contributed by atoms with Crippen LogP contribution in [0.5, 0.6) is 5.75 Å². The number of carboxylic acid groups (broad SMARTS) is 1. The topological polar surface area (TPSA) is 76.1 Å². The highest BCUT2D eigenvalue weighted by atomic mass is 79.9. The maximum Gasteiger partial charge on any atom is 0.415 e. The fourth-order valence-electron chi connectivity index (χ4n) is 2.86. The molecule has 0 unspecified atom stereocenters. The molecule has 1 aromatic heterocycles. The number of thiophene rings is 1. The molecule has 0 radical (unpaired) electrons. The molecule has 0 aliphatic rings. The number of ether oxygens (including phenoxy) is 2. The summed E-state index contributed by atoms with van der Waals surface area (Å²) in [7, 11) is 0. The Morgan fingerprint density at radius 1 is 1.06 bits per heavy atom. The molecule has 1 heterocycles. The Balaban J connectivity index is 1.91. The van der Waals surface area contributed by atoms with Crippen molar-refractivity contribution in [3.63, 3.8) is 0 Å². The molecule has 0 fully saturated rings. The average Bonchev–Trinajstić information content (AvgIpc) is 3.21. The van der Waals surface area contributed by atoms with E-state index in [1.165, 1.54) is 11.0 Å². The van der Waals surface area contributed by atoms with Gasteiger partial charge >= 0.3 is 12.1 Å². The molecule has 3 aromatic rings. The fourth-order valence-corrected chi connectivity index (χ4v) is 4.10. The molecule has 2 aromatic carbocycles. The minimum Gasteiger partial charge on any atom is -0.489 e. The molecule has 3 rings (SSSR count). The quantitative estimate of drug-likeness (QED) is 0.375. The lowest BCUT2D eigenvalue weighted by Gasteiger charge is -2.27. The molecule has 0 aliphatic carbocycles. The van der Waals surface area contributed by atoms with Gasteiger partial charge in [-0.3, -0.25) is 4.90 Å². The van der Waals surface area contributed by atoms with Crippen LogP contribution < -0.4 is 9.64 Å². The normalized spacial score (nSPS) is 11.1. The van der Waals surface area contributed by atoms with Crippen LogP contribution in [0.25, 0.3) is 0 Å². The number of benzene rings is 2. The highest BCUT2D eigenvalue weighted by molar-refractivity contribution is 9.10. The summed E-state index contributed by atoms with van der Waals surface area (Å²) in [6.45, 7) is 5.89. The van der Waals surface area contributed by atoms with Crippen molar-refractivity contribution in [3.05, 3.63) is 81.1 Å². The van der Waals surface area contributed by atoms with Crippen molar-refractivity contribution < 1.29 is 24.2 Å². The molecule has 0 saturated carbocycles. The molecule has 0 spiro atoms. The first-order valence-corrected chi connectivity index (χ1v) is 11.5. The van der Waals surface area contributed by atoms with E-state index in [1.807, 2.05) is 48.5 Å². The Hall–Kier alpha value is -2.84. The molecule has 6 nitrogen and oxygen atoms in total. The molecule has 0 bridgehead atoms. The van der Waals surface area contributed by atoms with Crippen LogP contribution in [0.3, 0.4) is 0 Å². The highest BCUT2D eigenvalue weighted by Gasteiger charge is 2.26. The lowest BCUT2D eigenvalue weighted by Crippen LogP contribution is -2.36. The molecule has 0 aliphatic heterocycles. The Morgan fingerprint density at radius 3 is 2.41 bits per heavy atom. The number of carboxylic acids is 1. The fraction of sp³-hybridized carbons (Fsp3) is 0.250. The zero-order valence-corrected chi connectivity index (χ0v) is 20.4. The van der Waals surface area contributed by atoms with Crippen LogP contribution in [-0.4, -0.2) is 22.8 Å². The summed E-state index contributed by atoms with van der Waals surface area (Å²) in [5.74, 6) is -0.416. The maximum atomic E-state index is 13.0. The first kappa shape index (κ1) is 23.8. The van der Waals surface area contributed by atoms with Crippen LogP contribution in [-0.2, 0) is 17.9 Å². The Morgan fingerprint density at radius 2 is 1.78 bits per heavy atom. The van der Waals surface area contributed by atoms with Gasteiger partial charge in [0, 0.05) is 10.0 Å². The van der Waals surface area contributed by atoms with Gasteiger partial charge in [-0.25, -0.2) is 9.59 Å². The summed E-state index contributed by atoms with van der Waals surface area (Å²) < 4.78 is 12.5. The number of anilines is 1. The van der Waals surface area contributed by atoms with E-state index in [4.69, 9.17) is 9.47 Å². The third-order valence-corrected chi connectivity index (χ3v) is 5.86. The van der Waals surface area contributed by atoms with Gasteiger partial charge in [-0.2, -0.15) is 0 Å². The number of amides is 1. The van der Waals surface area contributed by atoms with Crippen molar-refractivity contribution in [2.24, 2.45) is 0 Å². The van der Waals surface area contributed by atoms with Gasteiger partial charge in [0.1, 0.15) is 27.8 Å². The van der Waals surface area contributed by atoms with Crippen LogP contribution in [0.4, 0.5) is 9.80 Å². The molecular weight excluding hydrogens is 494 g/mol. The number of carbonyl (C=O) groups is 2. The predicted molar refractivity (Wildman–Crippen MR) is 129 cm³/mol. The minimum absolute atomic E-state index is 0.142. The third kappa shape index (κ3) is 6.58. The second-order valence-electron chi connectivity index (χ2n) is 8.04. The van der Waals surface area contributed by atoms with E-state index in [1.54, 1.807) is 26.8 Å². The smallest absolute Gasteiger partial charge is 0.415 e. The number of hydrogen-bond acceptors (Lipinski definition) is 5. The second kappa shape index (κ2) is 10.2. The van der Waals surface area contributed by atoms with E-state index in [0.717, 1.165) is 26.9 Å².